The van der Waals surface area contributed by atoms with Crippen LogP contribution in [0.2, 0.25) is 0 Å². The van der Waals surface area contributed by atoms with E-state index < -0.39 is 11.6 Å². The highest BCUT2D eigenvalue weighted by Crippen LogP contribution is 2.44. The van der Waals surface area contributed by atoms with Gasteiger partial charge in [0.1, 0.15) is 23.3 Å². The number of aryl methyl sites for hydroxylation is 1. The van der Waals surface area contributed by atoms with Gasteiger partial charge in [0.05, 0.1) is 34.4 Å². The van der Waals surface area contributed by atoms with E-state index in [1.165, 1.54) is 6.07 Å². The number of nitriles is 1. The Bertz CT molecular complexity index is 1770. The summed E-state index contributed by atoms with van der Waals surface area (Å²) in [5.41, 5.74) is 4.40. The lowest BCUT2D eigenvalue weighted by molar-refractivity contribution is 0.240. The van der Waals surface area contributed by atoms with Crippen molar-refractivity contribution in [1.82, 2.24) is 14.9 Å². The largest absolute Gasteiger partial charge is 0.519 e. The van der Waals surface area contributed by atoms with E-state index in [4.69, 9.17) is 13.8 Å². The summed E-state index contributed by atoms with van der Waals surface area (Å²) in [7, 11) is 5.44. The fourth-order valence-corrected chi connectivity index (χ4v) is 6.03. The molecule has 4 heterocycles. The van der Waals surface area contributed by atoms with Crippen molar-refractivity contribution < 1.29 is 13.2 Å². The van der Waals surface area contributed by atoms with Crippen LogP contribution in [-0.4, -0.2) is 61.4 Å². The normalized spacial score (nSPS) is 17.9. The number of allylic oxidation sites excluding steroid dienone is 2. The highest BCUT2D eigenvalue weighted by molar-refractivity contribution is 6.22. The summed E-state index contributed by atoms with van der Waals surface area (Å²) in [4.78, 5) is 28.3. The molecule has 0 spiro atoms. The first-order valence-electron chi connectivity index (χ1n) is 13.6. The average molecular weight is 560 g/mol. The van der Waals surface area contributed by atoms with E-state index in [2.05, 4.69) is 38.1 Å². The number of aromatic nitrogens is 2. The molecule has 214 valence electrons. The minimum Gasteiger partial charge on any atom is -0.396 e. The molecule has 2 N–H and O–H groups in total. The molecule has 1 aliphatic heterocycles. The maximum Gasteiger partial charge on any atom is 0.519 e. The molecule has 0 bridgehead atoms. The summed E-state index contributed by atoms with van der Waals surface area (Å²) in [6.45, 7) is 7.84. The second-order valence-electron chi connectivity index (χ2n) is 10.5. The van der Waals surface area contributed by atoms with Crippen LogP contribution in [0.25, 0.3) is 27.5 Å². The van der Waals surface area contributed by atoms with Crippen molar-refractivity contribution in [2.24, 2.45) is 10.9 Å². The summed E-state index contributed by atoms with van der Waals surface area (Å²) in [5.74, 6) is 0.0282. The number of nitrogens with one attached hydrogen (secondary N) is 2. The van der Waals surface area contributed by atoms with E-state index in [1.54, 1.807) is 27.2 Å². The maximum atomic E-state index is 15.2. The van der Waals surface area contributed by atoms with Crippen LogP contribution in [0.3, 0.4) is 0 Å². The highest BCUT2D eigenvalue weighted by Gasteiger charge is 2.35. The van der Waals surface area contributed by atoms with E-state index in [0.717, 1.165) is 36.3 Å². The summed E-state index contributed by atoms with van der Waals surface area (Å²) < 4.78 is 25.5. The fourth-order valence-electron chi connectivity index (χ4n) is 6.03. The lowest BCUT2D eigenvalue weighted by Crippen LogP contribution is -2.35. The average Bonchev–Trinajstić information content (AvgIpc) is 3.60. The Labute approximate surface area is 237 Å². The second-order valence-corrected chi connectivity index (χ2v) is 10.5. The summed E-state index contributed by atoms with van der Waals surface area (Å²) in [6.07, 6.45) is 6.51. The molecule has 4 aromatic rings. The molecule has 1 saturated heterocycles. The molecular weight excluding hydrogens is 525 g/mol. The molecule has 0 radical (unpaired) electrons. The van der Waals surface area contributed by atoms with Gasteiger partial charge >= 0.3 is 5.82 Å². The van der Waals surface area contributed by atoms with Gasteiger partial charge in [0.2, 0.25) is 0 Å². The molecule has 0 saturated carbocycles. The number of fused-ring (bicyclic) bond motifs is 3. The monoisotopic (exact) mass is 559 g/mol. The number of benzene rings is 1. The predicted molar refractivity (Wildman–Crippen MR) is 159 cm³/mol. The van der Waals surface area contributed by atoms with Gasteiger partial charge in [-0.2, -0.15) is 5.26 Å². The van der Waals surface area contributed by atoms with Crippen LogP contribution >= 0.6 is 0 Å². The zero-order valence-corrected chi connectivity index (χ0v) is 24.1. The van der Waals surface area contributed by atoms with Gasteiger partial charge in [0.15, 0.2) is 5.76 Å². The molecule has 3 aromatic heterocycles. The smallest absolute Gasteiger partial charge is 0.396 e. The van der Waals surface area contributed by atoms with Gasteiger partial charge in [-0.05, 0) is 45.7 Å². The van der Waals surface area contributed by atoms with Gasteiger partial charge in [-0.25, -0.2) is 14.2 Å². The summed E-state index contributed by atoms with van der Waals surface area (Å²) in [6, 6.07) is 3.53. The van der Waals surface area contributed by atoms with Crippen LogP contribution in [0.15, 0.2) is 37.0 Å². The Hall–Kier alpha value is -4.43. The Morgan fingerprint density at radius 1 is 1.41 bits per heavy atom. The molecule has 2 atom stereocenters. The van der Waals surface area contributed by atoms with Crippen molar-refractivity contribution in [2.45, 2.75) is 39.8 Å². The van der Waals surface area contributed by atoms with Gasteiger partial charge < -0.3 is 24.0 Å². The fraction of sp³-hybridized carbons (Fsp3) is 0.400. The number of pyridine rings is 1. The molecule has 41 heavy (non-hydrogen) atoms. The van der Waals surface area contributed by atoms with Gasteiger partial charge in [-0.1, -0.05) is 6.08 Å². The molecule has 0 aliphatic carbocycles. The van der Waals surface area contributed by atoms with E-state index in [0.29, 0.717) is 45.7 Å². The number of hydrogen-bond acceptors (Lipinski definition) is 9. The molecule has 0 unspecified atom stereocenters. The Morgan fingerprint density at radius 3 is 2.83 bits per heavy atom. The number of H-pyrrole nitrogens is 1. The number of halogens is 1. The topological polar surface area (TPSA) is 127 Å². The number of anilines is 2. The SMILES string of the molecule is C/C=C(\C=NC)c1cnc2[nH]c3c(NC)cc(F)c(C#N)c3c2c1N1CC[C@@H](CN(C)Cc2oc(=O)oc2C)[C@H]1C. The molecule has 1 aromatic carbocycles. The van der Waals surface area contributed by atoms with Crippen molar-refractivity contribution >= 4 is 45.1 Å². The molecule has 1 fully saturated rings. The zero-order chi connectivity index (χ0) is 29.4. The summed E-state index contributed by atoms with van der Waals surface area (Å²) >= 11 is 0. The molecular formula is C30H34FN7O3. The number of hydrogen-bond donors (Lipinski definition) is 2. The molecule has 0 amide bonds. The lowest BCUT2D eigenvalue weighted by Gasteiger charge is -2.31. The van der Waals surface area contributed by atoms with Crippen molar-refractivity contribution in [3.8, 4) is 6.07 Å². The standard InChI is InChI=1S/C30H34FN7O3/c1-7-18(12-33-4)21-13-35-29-26(25-20(11-32)22(31)10-23(34-5)27(25)36-29)28(21)38-9-8-19(16(38)2)14-37(6)15-24-17(3)40-30(39)41-24/h7,10,12-13,16,19,34H,8-9,14-15H2,1-6H3,(H,35,36)/b18-7+,33-12?/t16-,19+/m1/s1. The van der Waals surface area contributed by atoms with E-state index in [-0.39, 0.29) is 17.5 Å². The van der Waals surface area contributed by atoms with Crippen molar-refractivity contribution in [3.63, 3.8) is 0 Å². The third-order valence-corrected chi connectivity index (χ3v) is 8.09. The molecule has 1 aliphatic rings. The molecule has 11 heteroatoms. The number of aromatic amines is 1. The third-order valence-electron chi connectivity index (χ3n) is 8.09. The Kier molecular flexibility index (Phi) is 7.69. The van der Waals surface area contributed by atoms with Crippen molar-refractivity contribution in [2.75, 3.05) is 44.4 Å². The predicted octanol–water partition coefficient (Wildman–Crippen LogP) is 5.07. The Balaban J connectivity index is 1.64. The lowest BCUT2D eigenvalue weighted by atomic mass is 9.97. The van der Waals surface area contributed by atoms with E-state index >= 15 is 4.39 Å². The van der Waals surface area contributed by atoms with E-state index in [1.807, 2.05) is 26.2 Å². The Morgan fingerprint density at radius 2 is 2.20 bits per heavy atom. The molecule has 10 nitrogen and oxygen atoms in total. The first kappa shape index (κ1) is 28.1. The quantitative estimate of drug-likeness (QED) is 0.287. The number of aliphatic imine (C=N–C) groups is 1. The van der Waals surface area contributed by atoms with Crippen LogP contribution in [0.5, 0.6) is 0 Å². The number of nitrogens with zero attached hydrogens (tertiary/aromatic N) is 5. The van der Waals surface area contributed by atoms with E-state index in [9.17, 15) is 10.1 Å². The van der Waals surface area contributed by atoms with Crippen LogP contribution in [0.4, 0.5) is 15.8 Å². The van der Waals surface area contributed by atoms with Gasteiger partial charge in [0.25, 0.3) is 0 Å². The minimum absolute atomic E-state index is 0.0169. The summed E-state index contributed by atoms with van der Waals surface area (Å²) in [5, 5.41) is 14.3. The van der Waals surface area contributed by atoms with Crippen LogP contribution in [0.1, 0.15) is 42.9 Å². The van der Waals surface area contributed by atoms with Crippen LogP contribution in [-0.2, 0) is 6.54 Å². The van der Waals surface area contributed by atoms with Gasteiger partial charge in [-0.3, -0.25) is 9.89 Å². The zero-order valence-electron chi connectivity index (χ0n) is 24.1. The highest BCUT2D eigenvalue weighted by atomic mass is 19.1. The van der Waals surface area contributed by atoms with Crippen molar-refractivity contribution in [3.05, 3.63) is 57.4 Å². The van der Waals surface area contributed by atoms with Crippen molar-refractivity contribution in [1.29, 1.82) is 5.26 Å². The second kappa shape index (κ2) is 11.2. The maximum absolute atomic E-state index is 15.2. The minimum atomic E-state index is -0.690. The molecule has 5 rings (SSSR count). The first-order valence-corrected chi connectivity index (χ1v) is 13.6. The van der Waals surface area contributed by atoms with Crippen LogP contribution < -0.4 is 16.0 Å². The van der Waals surface area contributed by atoms with Crippen LogP contribution in [0, 0.1) is 30.0 Å². The third kappa shape index (κ3) is 4.89. The van der Waals surface area contributed by atoms with Gasteiger partial charge in [-0.15, -0.1) is 0 Å². The van der Waals surface area contributed by atoms with Gasteiger partial charge in [0, 0.05) is 62.7 Å². The first-order chi connectivity index (χ1) is 19.7. The number of rotatable bonds is 8.